The van der Waals surface area contributed by atoms with Crippen LogP contribution in [0.3, 0.4) is 0 Å². The van der Waals surface area contributed by atoms with Crippen LogP contribution in [-0.2, 0) is 4.74 Å². The van der Waals surface area contributed by atoms with Crippen LogP contribution in [0.4, 0.5) is 0 Å². The van der Waals surface area contributed by atoms with Crippen LogP contribution in [0.15, 0.2) is 0 Å². The second kappa shape index (κ2) is 1.78. The number of halogens is 2. The van der Waals surface area contributed by atoms with Gasteiger partial charge in [0.15, 0.2) is 0 Å². The average Bonchev–Trinajstić information content (AvgIpc) is 2.69. The fraction of sp³-hybridized carbons (Fsp3) is 1.00. The Morgan fingerprint density at radius 1 is 0.857 bits per heavy atom. The van der Waals surface area contributed by atoms with Crippen molar-refractivity contribution in [2.45, 2.75) is 29.4 Å². The maximum Gasteiger partial charge on any atom is 0.147 e. The zero-order chi connectivity index (χ0) is 9.29. The molecule has 1 saturated heterocycles. The molecule has 8 atom stereocenters. The first-order chi connectivity index (χ1) is 6.62. The summed E-state index contributed by atoms with van der Waals surface area (Å²) in [5, 5.41) is -0.719. The van der Waals surface area contributed by atoms with Crippen molar-refractivity contribution >= 4 is 23.2 Å². The van der Waals surface area contributed by atoms with Crippen molar-refractivity contribution in [1.82, 2.24) is 0 Å². The molecule has 2 bridgehead atoms. The monoisotopic (exact) mass is 230 g/mol. The predicted molar refractivity (Wildman–Crippen MR) is 53.0 cm³/mol. The molecular weight excluding hydrogens is 219 g/mol. The Morgan fingerprint density at radius 3 is 1.86 bits per heavy atom. The quantitative estimate of drug-likeness (QED) is 0.582. The summed E-state index contributed by atoms with van der Waals surface area (Å²) in [4.78, 5) is 0. The highest BCUT2D eigenvalue weighted by Gasteiger charge is 2.82. The van der Waals surface area contributed by atoms with Crippen LogP contribution in [0, 0.1) is 35.5 Å². The summed E-state index contributed by atoms with van der Waals surface area (Å²) in [7, 11) is 0. The van der Waals surface area contributed by atoms with Crippen molar-refractivity contribution in [3.05, 3.63) is 0 Å². The van der Waals surface area contributed by atoms with E-state index in [1.165, 1.54) is 6.42 Å². The third-order valence-corrected chi connectivity index (χ3v) is 6.83. The van der Waals surface area contributed by atoms with Crippen molar-refractivity contribution in [1.29, 1.82) is 0 Å². The molecule has 2 unspecified atom stereocenters. The minimum atomic E-state index is -0.359. The molecule has 1 nitrogen and oxygen atoms in total. The van der Waals surface area contributed by atoms with Crippen LogP contribution in [-0.4, -0.2) is 10.1 Å². The topological polar surface area (TPSA) is 9.23 Å². The first kappa shape index (κ1) is 7.76. The SMILES string of the molecule is Cl[C@@]12C[C@H]3[C@@H]4CC5C([C@@H]41)[C@](Cl)(C[C@H]53)O2. The van der Waals surface area contributed by atoms with Gasteiger partial charge >= 0.3 is 0 Å². The zero-order valence-electron chi connectivity index (χ0n) is 7.75. The van der Waals surface area contributed by atoms with Gasteiger partial charge in [-0.15, -0.1) is 0 Å². The van der Waals surface area contributed by atoms with Crippen LogP contribution >= 0.6 is 23.2 Å². The minimum absolute atomic E-state index is 0.359. The van der Waals surface area contributed by atoms with E-state index in [1.807, 2.05) is 0 Å². The molecule has 1 heterocycles. The van der Waals surface area contributed by atoms with Crippen molar-refractivity contribution < 1.29 is 4.74 Å². The van der Waals surface area contributed by atoms with E-state index in [0.29, 0.717) is 11.8 Å². The van der Waals surface area contributed by atoms with E-state index < -0.39 is 0 Å². The molecular formula is C11H12Cl2O. The summed E-state index contributed by atoms with van der Waals surface area (Å²) in [6.07, 6.45) is 3.56. The van der Waals surface area contributed by atoms with Gasteiger partial charge in [-0.05, 0) is 42.9 Å². The molecule has 5 aliphatic rings. The summed E-state index contributed by atoms with van der Waals surface area (Å²) in [6, 6.07) is 0. The summed E-state index contributed by atoms with van der Waals surface area (Å²) in [5.74, 6) is 4.60. The van der Waals surface area contributed by atoms with Gasteiger partial charge in [0, 0.05) is 11.8 Å². The standard InChI is InChI=1S/C11H12Cl2O/c12-10-2-6-4-1-5-7(6)3-11(13,14-10)9(5)8(4)10/h4-9H,1-3H2/t4-,5?,6-,7+,8+,9?,10+,11-/m0/s1. The summed E-state index contributed by atoms with van der Waals surface area (Å²) >= 11 is 13.2. The predicted octanol–water partition coefficient (Wildman–Crippen LogP) is 2.81. The lowest BCUT2D eigenvalue weighted by Gasteiger charge is -2.24. The Bertz CT molecular complexity index is 323. The smallest absolute Gasteiger partial charge is 0.147 e. The van der Waals surface area contributed by atoms with E-state index >= 15 is 0 Å². The van der Waals surface area contributed by atoms with Crippen molar-refractivity contribution in [2.75, 3.05) is 0 Å². The molecule has 5 rings (SSSR count). The third kappa shape index (κ3) is 0.522. The molecule has 4 aliphatic carbocycles. The van der Waals surface area contributed by atoms with E-state index in [1.54, 1.807) is 0 Å². The molecule has 0 N–H and O–H groups in total. The van der Waals surface area contributed by atoms with E-state index in [2.05, 4.69) is 0 Å². The van der Waals surface area contributed by atoms with Gasteiger partial charge in [0.25, 0.3) is 0 Å². The van der Waals surface area contributed by atoms with Crippen LogP contribution in [0.25, 0.3) is 0 Å². The van der Waals surface area contributed by atoms with Crippen molar-refractivity contribution in [3.8, 4) is 0 Å². The molecule has 0 aromatic heterocycles. The molecule has 76 valence electrons. The molecule has 1 aliphatic heterocycles. The molecule has 4 saturated carbocycles. The van der Waals surface area contributed by atoms with Gasteiger partial charge in [-0.1, -0.05) is 23.2 Å². The molecule has 3 heteroatoms. The Kier molecular flexibility index (Phi) is 0.989. The Hall–Kier alpha value is 0.540. The van der Waals surface area contributed by atoms with Crippen molar-refractivity contribution in [3.63, 3.8) is 0 Å². The summed E-state index contributed by atoms with van der Waals surface area (Å²) < 4.78 is 6.04. The second-order valence-corrected chi connectivity index (χ2v) is 7.30. The van der Waals surface area contributed by atoms with E-state index in [9.17, 15) is 0 Å². The molecule has 0 spiro atoms. The number of fused-ring (bicyclic) bond motifs is 1. The highest BCUT2D eigenvalue weighted by atomic mass is 35.5. The lowest BCUT2D eigenvalue weighted by molar-refractivity contribution is -0.0159. The Labute approximate surface area is 93.1 Å². The first-order valence-electron chi connectivity index (χ1n) is 5.70. The van der Waals surface area contributed by atoms with Crippen LogP contribution in [0.2, 0.25) is 0 Å². The molecule has 5 fully saturated rings. The van der Waals surface area contributed by atoms with Gasteiger partial charge < -0.3 is 4.74 Å². The maximum atomic E-state index is 6.62. The fourth-order valence-electron chi connectivity index (χ4n) is 5.85. The normalized spacial score (nSPS) is 81.0. The van der Waals surface area contributed by atoms with Gasteiger partial charge in [0.05, 0.1) is 0 Å². The van der Waals surface area contributed by atoms with Crippen LogP contribution in [0.1, 0.15) is 19.3 Å². The average molecular weight is 231 g/mol. The van der Waals surface area contributed by atoms with E-state index in [4.69, 9.17) is 27.9 Å². The number of alkyl halides is 2. The largest absolute Gasteiger partial charge is 0.337 e. The van der Waals surface area contributed by atoms with Crippen molar-refractivity contribution in [2.24, 2.45) is 35.5 Å². The summed E-state index contributed by atoms with van der Waals surface area (Å²) in [6.45, 7) is 0. The number of hydrogen-bond acceptors (Lipinski definition) is 1. The highest BCUT2D eigenvalue weighted by molar-refractivity contribution is 6.27. The number of ether oxygens (including phenoxy) is 1. The number of rotatable bonds is 0. The van der Waals surface area contributed by atoms with Gasteiger partial charge in [-0.25, -0.2) is 0 Å². The highest BCUT2D eigenvalue weighted by Crippen LogP contribution is 2.82. The van der Waals surface area contributed by atoms with E-state index in [0.717, 1.165) is 36.5 Å². The minimum Gasteiger partial charge on any atom is -0.337 e. The Balaban J connectivity index is 1.86. The molecule has 0 radical (unpaired) electrons. The molecule has 14 heavy (non-hydrogen) atoms. The zero-order valence-corrected chi connectivity index (χ0v) is 9.26. The number of hydrogen-bond donors (Lipinski definition) is 0. The van der Waals surface area contributed by atoms with Gasteiger partial charge in [0.2, 0.25) is 0 Å². The summed E-state index contributed by atoms with van der Waals surface area (Å²) in [5.41, 5.74) is 0. The van der Waals surface area contributed by atoms with Crippen LogP contribution in [0.5, 0.6) is 0 Å². The molecule has 0 aromatic carbocycles. The first-order valence-corrected chi connectivity index (χ1v) is 6.46. The lowest BCUT2D eigenvalue weighted by atomic mass is 9.80. The van der Waals surface area contributed by atoms with Gasteiger partial charge in [-0.2, -0.15) is 0 Å². The molecule has 0 amide bonds. The van der Waals surface area contributed by atoms with Crippen LogP contribution < -0.4 is 0 Å². The van der Waals surface area contributed by atoms with Gasteiger partial charge in [-0.3, -0.25) is 0 Å². The second-order valence-electron chi connectivity index (χ2n) is 6.03. The molecule has 0 aromatic rings. The fourth-order valence-corrected chi connectivity index (χ4v) is 7.12. The lowest BCUT2D eigenvalue weighted by Crippen LogP contribution is -2.27. The van der Waals surface area contributed by atoms with E-state index in [-0.39, 0.29) is 10.1 Å². The van der Waals surface area contributed by atoms with Gasteiger partial charge in [0.1, 0.15) is 10.1 Å². The maximum absolute atomic E-state index is 6.62. The Morgan fingerprint density at radius 2 is 1.36 bits per heavy atom. The third-order valence-electron chi connectivity index (χ3n) is 5.87.